The van der Waals surface area contributed by atoms with Crippen LogP contribution in [0.3, 0.4) is 0 Å². The molecule has 110 valence electrons. The number of hydrogen-bond donors (Lipinski definition) is 1. The lowest BCUT2D eigenvalue weighted by molar-refractivity contribution is -0.141. The van der Waals surface area contributed by atoms with Crippen LogP contribution in [-0.4, -0.2) is 16.1 Å². The van der Waals surface area contributed by atoms with Gasteiger partial charge in [0.05, 0.1) is 0 Å². The van der Waals surface area contributed by atoms with Crippen LogP contribution in [0.25, 0.3) is 0 Å². The van der Waals surface area contributed by atoms with Gasteiger partial charge in [-0.3, -0.25) is 0 Å². The van der Waals surface area contributed by atoms with Crippen LogP contribution >= 0.6 is 0 Å². The minimum Gasteiger partial charge on any atom is -0.478 e. The maximum atomic E-state index is 13.1. The van der Waals surface area contributed by atoms with Crippen LogP contribution in [0.1, 0.15) is 16.1 Å². The van der Waals surface area contributed by atoms with E-state index in [0.717, 1.165) is 36.4 Å². The molecule has 1 N–H and O–H groups in total. The first-order valence-electron chi connectivity index (χ1n) is 5.52. The average Bonchev–Trinajstić information content (AvgIpc) is 2.37. The molecule has 0 radical (unpaired) electrons. The number of hydrogen-bond acceptors (Lipinski definition) is 3. The molecule has 1 heterocycles. The van der Waals surface area contributed by atoms with Gasteiger partial charge in [-0.2, -0.15) is 13.2 Å². The zero-order valence-corrected chi connectivity index (χ0v) is 10.2. The Morgan fingerprint density at radius 2 is 1.90 bits per heavy atom. The van der Waals surface area contributed by atoms with E-state index in [1.807, 2.05) is 0 Å². The summed E-state index contributed by atoms with van der Waals surface area (Å²) in [7, 11) is 0. The Labute approximate surface area is 115 Å². The number of carbonyl (C=O) groups is 1. The van der Waals surface area contributed by atoms with Crippen LogP contribution in [0.5, 0.6) is 11.6 Å². The molecule has 1 aromatic carbocycles. The second-order valence-electron chi connectivity index (χ2n) is 3.91. The fourth-order valence-electron chi connectivity index (χ4n) is 1.50. The molecule has 0 fully saturated rings. The van der Waals surface area contributed by atoms with E-state index in [1.54, 1.807) is 0 Å². The van der Waals surface area contributed by atoms with E-state index >= 15 is 0 Å². The monoisotopic (exact) mass is 301 g/mol. The number of aromatic nitrogens is 1. The first kappa shape index (κ1) is 14.8. The van der Waals surface area contributed by atoms with Crippen LogP contribution in [0.15, 0.2) is 36.4 Å². The largest absolute Gasteiger partial charge is 0.478 e. The predicted octanol–water partition coefficient (Wildman–Crippen LogP) is 3.73. The summed E-state index contributed by atoms with van der Waals surface area (Å²) in [6, 6.07) is 5.48. The molecule has 0 spiro atoms. The zero-order valence-electron chi connectivity index (χ0n) is 10.2. The normalized spacial score (nSPS) is 11.2. The van der Waals surface area contributed by atoms with E-state index in [9.17, 15) is 22.4 Å². The topological polar surface area (TPSA) is 59.4 Å². The van der Waals surface area contributed by atoms with E-state index in [-0.39, 0.29) is 0 Å². The highest BCUT2D eigenvalue weighted by atomic mass is 19.4. The molecule has 21 heavy (non-hydrogen) atoms. The summed E-state index contributed by atoms with van der Waals surface area (Å²) in [5.74, 6) is -3.12. The van der Waals surface area contributed by atoms with Crippen LogP contribution < -0.4 is 4.74 Å². The second-order valence-corrected chi connectivity index (χ2v) is 3.91. The lowest BCUT2D eigenvalue weighted by atomic mass is 10.2. The number of rotatable bonds is 3. The third-order valence-electron chi connectivity index (χ3n) is 2.40. The molecule has 4 nitrogen and oxygen atoms in total. The van der Waals surface area contributed by atoms with Gasteiger partial charge in [-0.05, 0) is 18.2 Å². The molecule has 0 saturated carbocycles. The Balaban J connectivity index is 2.39. The van der Waals surface area contributed by atoms with E-state index in [4.69, 9.17) is 9.84 Å². The number of ether oxygens (including phenoxy) is 1. The van der Waals surface area contributed by atoms with Gasteiger partial charge >= 0.3 is 12.1 Å². The highest BCUT2D eigenvalue weighted by molar-refractivity contribution is 5.90. The van der Waals surface area contributed by atoms with Crippen LogP contribution in [0.4, 0.5) is 17.6 Å². The van der Waals surface area contributed by atoms with Crippen molar-refractivity contribution in [3.8, 4) is 11.6 Å². The van der Waals surface area contributed by atoms with Crippen molar-refractivity contribution in [2.24, 2.45) is 0 Å². The molecule has 0 atom stereocenters. The smallest absolute Gasteiger partial charge is 0.433 e. The molecule has 0 aliphatic heterocycles. The third-order valence-corrected chi connectivity index (χ3v) is 2.40. The highest BCUT2D eigenvalue weighted by Gasteiger charge is 2.32. The minimum atomic E-state index is -4.67. The lowest BCUT2D eigenvalue weighted by Crippen LogP contribution is -2.08. The summed E-state index contributed by atoms with van der Waals surface area (Å²) in [6.45, 7) is 0. The van der Waals surface area contributed by atoms with Crippen molar-refractivity contribution in [1.82, 2.24) is 4.98 Å². The van der Waals surface area contributed by atoms with Crippen molar-refractivity contribution in [1.29, 1.82) is 0 Å². The van der Waals surface area contributed by atoms with Crippen LogP contribution in [-0.2, 0) is 6.18 Å². The fraction of sp³-hybridized carbons (Fsp3) is 0.0769. The summed E-state index contributed by atoms with van der Waals surface area (Å²) < 4.78 is 55.6. The van der Waals surface area contributed by atoms with Crippen molar-refractivity contribution >= 4 is 5.97 Å². The van der Waals surface area contributed by atoms with Gasteiger partial charge in [0, 0.05) is 12.1 Å². The van der Waals surface area contributed by atoms with Gasteiger partial charge in [-0.1, -0.05) is 6.07 Å². The molecule has 0 unspecified atom stereocenters. The van der Waals surface area contributed by atoms with Gasteiger partial charge in [0.15, 0.2) is 0 Å². The quantitative estimate of drug-likeness (QED) is 0.878. The summed E-state index contributed by atoms with van der Waals surface area (Å²) in [6.07, 6.45) is -4.67. The first-order chi connectivity index (χ1) is 9.77. The predicted molar refractivity (Wildman–Crippen MR) is 62.7 cm³/mol. The van der Waals surface area contributed by atoms with Crippen LogP contribution in [0, 0.1) is 5.82 Å². The van der Waals surface area contributed by atoms with Gasteiger partial charge in [0.2, 0.25) is 5.88 Å². The first-order valence-corrected chi connectivity index (χ1v) is 5.52. The van der Waals surface area contributed by atoms with Crippen molar-refractivity contribution in [3.63, 3.8) is 0 Å². The SMILES string of the molecule is O=C(O)c1ccc(F)cc1Oc1cccc(C(F)(F)F)n1. The lowest BCUT2D eigenvalue weighted by Gasteiger charge is -2.10. The Bertz CT molecular complexity index is 685. The minimum absolute atomic E-state index is 0.393. The van der Waals surface area contributed by atoms with Crippen molar-refractivity contribution in [2.75, 3.05) is 0 Å². The molecular weight excluding hydrogens is 294 g/mol. The third kappa shape index (κ3) is 3.47. The van der Waals surface area contributed by atoms with Gasteiger partial charge in [0.1, 0.15) is 22.8 Å². The molecule has 8 heteroatoms. The van der Waals surface area contributed by atoms with E-state index in [1.165, 1.54) is 0 Å². The maximum Gasteiger partial charge on any atom is 0.433 e. The summed E-state index contributed by atoms with van der Waals surface area (Å²) >= 11 is 0. The van der Waals surface area contributed by atoms with E-state index in [2.05, 4.69) is 4.98 Å². The number of alkyl halides is 3. The number of carboxylic acid groups (broad SMARTS) is 1. The summed E-state index contributed by atoms with van der Waals surface area (Å²) in [4.78, 5) is 14.2. The standard InChI is InChI=1S/C13H7F4NO3/c14-7-4-5-8(12(19)20)9(6-7)21-11-3-1-2-10(18-11)13(15,16)17/h1-6H,(H,19,20). The van der Waals surface area contributed by atoms with Gasteiger partial charge < -0.3 is 9.84 Å². The molecular formula is C13H7F4NO3. The summed E-state index contributed by atoms with van der Waals surface area (Å²) in [5, 5.41) is 8.92. The van der Waals surface area contributed by atoms with Crippen LogP contribution in [0.2, 0.25) is 0 Å². The molecule has 2 aromatic rings. The number of aromatic carboxylic acids is 1. The molecule has 1 aromatic heterocycles. The van der Waals surface area contributed by atoms with Gasteiger partial charge in [0.25, 0.3) is 0 Å². The molecule has 0 bridgehead atoms. The Morgan fingerprint density at radius 1 is 1.19 bits per heavy atom. The van der Waals surface area contributed by atoms with Gasteiger partial charge in [-0.25, -0.2) is 14.2 Å². The average molecular weight is 301 g/mol. The molecule has 0 saturated heterocycles. The number of carboxylic acids is 1. The maximum absolute atomic E-state index is 13.1. The highest BCUT2D eigenvalue weighted by Crippen LogP contribution is 2.30. The Morgan fingerprint density at radius 3 is 2.52 bits per heavy atom. The number of halogens is 4. The van der Waals surface area contributed by atoms with E-state index in [0.29, 0.717) is 0 Å². The van der Waals surface area contributed by atoms with E-state index < -0.39 is 40.8 Å². The number of pyridine rings is 1. The molecule has 0 aliphatic carbocycles. The van der Waals surface area contributed by atoms with Gasteiger partial charge in [-0.15, -0.1) is 0 Å². The van der Waals surface area contributed by atoms with Crippen molar-refractivity contribution in [2.45, 2.75) is 6.18 Å². The number of benzene rings is 1. The van der Waals surface area contributed by atoms with Crippen molar-refractivity contribution in [3.05, 3.63) is 53.5 Å². The second kappa shape index (κ2) is 5.39. The molecule has 0 amide bonds. The Kier molecular flexibility index (Phi) is 3.79. The zero-order chi connectivity index (χ0) is 15.6. The fourth-order valence-corrected chi connectivity index (χ4v) is 1.50. The summed E-state index contributed by atoms with van der Waals surface area (Å²) in [5.41, 5.74) is -1.59. The number of nitrogens with zero attached hydrogens (tertiary/aromatic N) is 1. The van der Waals surface area contributed by atoms with Crippen molar-refractivity contribution < 1.29 is 32.2 Å². The molecule has 0 aliphatic rings. The Hall–Kier alpha value is -2.64. The molecule has 2 rings (SSSR count).